The zero-order chi connectivity index (χ0) is 24.9. The van der Waals surface area contributed by atoms with Crippen LogP contribution in [0.5, 0.6) is 0 Å². The van der Waals surface area contributed by atoms with E-state index in [1.165, 1.54) is 7.11 Å². The first-order valence-electron chi connectivity index (χ1n) is 11.7. The first kappa shape index (κ1) is 24.3. The highest BCUT2D eigenvalue weighted by molar-refractivity contribution is 5.96. The molecule has 8 heteroatoms. The van der Waals surface area contributed by atoms with Gasteiger partial charge in [-0.15, -0.1) is 0 Å². The Morgan fingerprint density at radius 1 is 1.20 bits per heavy atom. The van der Waals surface area contributed by atoms with Gasteiger partial charge in [-0.3, -0.25) is 19.7 Å². The van der Waals surface area contributed by atoms with Crippen molar-refractivity contribution in [1.82, 2.24) is 14.8 Å². The number of amides is 2. The van der Waals surface area contributed by atoms with E-state index in [-0.39, 0.29) is 18.1 Å². The van der Waals surface area contributed by atoms with Crippen LogP contribution in [0.15, 0.2) is 72.1 Å². The molecule has 182 valence electrons. The third kappa shape index (κ3) is 5.33. The summed E-state index contributed by atoms with van der Waals surface area (Å²) in [6, 6.07) is 10.4. The number of aromatic nitrogens is 1. The molecule has 3 heterocycles. The number of likely N-dealkylation sites (tertiary alicyclic amines) is 1. The van der Waals surface area contributed by atoms with Gasteiger partial charge >= 0.3 is 12.0 Å². The number of anilines is 1. The van der Waals surface area contributed by atoms with Crippen LogP contribution in [0.1, 0.15) is 35.0 Å². The fourth-order valence-electron chi connectivity index (χ4n) is 4.54. The number of hydrogen-bond donors (Lipinski definition) is 0. The van der Waals surface area contributed by atoms with Crippen molar-refractivity contribution in [2.45, 2.75) is 38.9 Å². The zero-order valence-corrected chi connectivity index (χ0v) is 20.4. The van der Waals surface area contributed by atoms with Crippen molar-refractivity contribution in [3.63, 3.8) is 0 Å². The maximum absolute atomic E-state index is 14.0. The van der Waals surface area contributed by atoms with Crippen LogP contribution in [0.25, 0.3) is 0 Å². The maximum Gasteiger partial charge on any atom is 0.337 e. The Balaban J connectivity index is 1.59. The molecule has 2 aliphatic heterocycles. The number of nitrogens with zero attached hydrogens (tertiary/aromatic N) is 5. The fourth-order valence-corrected chi connectivity index (χ4v) is 4.54. The van der Waals surface area contributed by atoms with Crippen molar-refractivity contribution >= 4 is 23.9 Å². The van der Waals surface area contributed by atoms with E-state index < -0.39 is 5.97 Å². The SMILES string of the molecule is C=C1N=C/C=C\C(C)N(c2ccc(C(=O)OC)cc2)C(=O)N1C1CCN(Cc2ncccc2C)C1. The summed E-state index contributed by atoms with van der Waals surface area (Å²) in [7, 11) is 1.35. The predicted molar refractivity (Wildman–Crippen MR) is 136 cm³/mol. The fraction of sp³-hybridized carbons (Fsp3) is 0.333. The summed E-state index contributed by atoms with van der Waals surface area (Å²) in [5, 5.41) is 0. The van der Waals surface area contributed by atoms with Gasteiger partial charge in [0.05, 0.1) is 30.5 Å². The monoisotopic (exact) mass is 473 g/mol. The second-order valence-electron chi connectivity index (χ2n) is 8.83. The number of methoxy groups -OCH3 is 1. The molecular formula is C27H31N5O3. The molecule has 2 aromatic rings. The van der Waals surface area contributed by atoms with Crippen LogP contribution in [0.3, 0.4) is 0 Å². The van der Waals surface area contributed by atoms with Gasteiger partial charge in [-0.2, -0.15) is 0 Å². The van der Waals surface area contributed by atoms with Gasteiger partial charge in [0.2, 0.25) is 0 Å². The highest BCUT2D eigenvalue weighted by Gasteiger charge is 2.36. The van der Waals surface area contributed by atoms with E-state index in [2.05, 4.69) is 34.4 Å². The lowest BCUT2D eigenvalue weighted by molar-refractivity contribution is 0.0600. The van der Waals surface area contributed by atoms with Gasteiger partial charge in [-0.05, 0) is 62.2 Å². The molecule has 0 N–H and O–H groups in total. The number of rotatable bonds is 5. The number of esters is 1. The molecule has 0 radical (unpaired) electrons. The molecule has 2 atom stereocenters. The number of carbonyl (C=O) groups is 2. The zero-order valence-electron chi connectivity index (χ0n) is 20.4. The molecular weight excluding hydrogens is 442 g/mol. The minimum Gasteiger partial charge on any atom is -0.465 e. The summed E-state index contributed by atoms with van der Waals surface area (Å²) in [6.45, 7) is 10.4. The van der Waals surface area contributed by atoms with Crippen LogP contribution in [0.4, 0.5) is 10.5 Å². The number of hydrogen-bond acceptors (Lipinski definition) is 6. The molecule has 1 aromatic heterocycles. The van der Waals surface area contributed by atoms with Crippen LogP contribution in [-0.4, -0.2) is 65.3 Å². The van der Waals surface area contributed by atoms with E-state index in [1.54, 1.807) is 40.3 Å². The Labute approximate surface area is 206 Å². The van der Waals surface area contributed by atoms with E-state index in [0.29, 0.717) is 23.6 Å². The van der Waals surface area contributed by atoms with Crippen molar-refractivity contribution in [2.75, 3.05) is 25.1 Å². The molecule has 8 nitrogen and oxygen atoms in total. The largest absolute Gasteiger partial charge is 0.465 e. The van der Waals surface area contributed by atoms with Crippen LogP contribution >= 0.6 is 0 Å². The van der Waals surface area contributed by atoms with Gasteiger partial charge in [0.15, 0.2) is 0 Å². The first-order chi connectivity index (χ1) is 16.9. The normalized spacial score (nSPS) is 22.0. The first-order valence-corrected chi connectivity index (χ1v) is 11.7. The number of carbonyl (C=O) groups excluding carboxylic acids is 2. The Kier molecular flexibility index (Phi) is 7.41. The summed E-state index contributed by atoms with van der Waals surface area (Å²) < 4.78 is 4.80. The quantitative estimate of drug-likeness (QED) is 0.609. The summed E-state index contributed by atoms with van der Waals surface area (Å²) >= 11 is 0. The molecule has 0 aliphatic carbocycles. The van der Waals surface area contributed by atoms with Gasteiger partial charge in [0.1, 0.15) is 5.82 Å². The Morgan fingerprint density at radius 3 is 2.69 bits per heavy atom. The third-order valence-electron chi connectivity index (χ3n) is 6.47. The lowest BCUT2D eigenvalue weighted by Gasteiger charge is -2.36. The highest BCUT2D eigenvalue weighted by atomic mass is 16.5. The van der Waals surface area contributed by atoms with Crippen molar-refractivity contribution in [2.24, 2.45) is 4.99 Å². The molecule has 4 rings (SSSR count). The van der Waals surface area contributed by atoms with E-state index in [0.717, 1.165) is 30.8 Å². The number of pyridine rings is 1. The molecule has 1 aromatic carbocycles. The second-order valence-corrected chi connectivity index (χ2v) is 8.83. The standard InChI is InChI=1S/C27H31N5O3/c1-19-7-5-15-29-25(19)18-30-16-13-24(17-30)32-21(3)28-14-6-8-20(2)31(27(32)34)23-11-9-22(10-12-23)26(33)35-4/h5-12,14-15,20,24H,3,13,16-18H2,1-2,4H3/b8-6-,28-14?. The average molecular weight is 474 g/mol. The summed E-state index contributed by atoms with van der Waals surface area (Å²) in [6.07, 6.45) is 8.04. The van der Waals surface area contributed by atoms with Gasteiger partial charge in [0.25, 0.3) is 0 Å². The highest BCUT2D eigenvalue weighted by Crippen LogP contribution is 2.28. The lowest BCUT2D eigenvalue weighted by atomic mass is 10.1. The van der Waals surface area contributed by atoms with E-state index in [4.69, 9.17) is 4.74 Å². The van der Waals surface area contributed by atoms with E-state index >= 15 is 0 Å². The molecule has 1 saturated heterocycles. The molecule has 2 aliphatic rings. The Bertz CT molecular complexity index is 1160. The van der Waals surface area contributed by atoms with Crippen LogP contribution in [0.2, 0.25) is 0 Å². The average Bonchev–Trinajstić information content (AvgIpc) is 3.32. The number of aryl methyl sites for hydroxylation is 1. The van der Waals surface area contributed by atoms with Crippen LogP contribution in [0, 0.1) is 6.92 Å². The van der Waals surface area contributed by atoms with Gasteiger partial charge in [0, 0.05) is 37.7 Å². The number of allylic oxidation sites excluding steroid dienone is 1. The summed E-state index contributed by atoms with van der Waals surface area (Å²) in [5.41, 5.74) is 3.31. The van der Waals surface area contributed by atoms with Crippen LogP contribution in [-0.2, 0) is 11.3 Å². The molecule has 1 fully saturated rings. The Morgan fingerprint density at radius 2 is 1.97 bits per heavy atom. The minimum atomic E-state index is -0.419. The minimum absolute atomic E-state index is 0.0710. The van der Waals surface area contributed by atoms with Crippen molar-refractivity contribution < 1.29 is 14.3 Å². The van der Waals surface area contributed by atoms with Gasteiger partial charge < -0.3 is 4.74 Å². The molecule has 2 amide bonds. The van der Waals surface area contributed by atoms with Crippen LogP contribution < -0.4 is 4.90 Å². The maximum atomic E-state index is 14.0. The smallest absolute Gasteiger partial charge is 0.337 e. The third-order valence-corrected chi connectivity index (χ3v) is 6.47. The number of urea groups is 1. The summed E-state index contributed by atoms with van der Waals surface area (Å²) in [5.74, 6) is -0.0105. The number of ether oxygens (including phenoxy) is 1. The Hall–Kier alpha value is -3.78. The predicted octanol–water partition coefficient (Wildman–Crippen LogP) is 4.18. The topological polar surface area (TPSA) is 78.3 Å². The number of aliphatic imine (C=N–C) groups is 1. The van der Waals surface area contributed by atoms with Crippen molar-refractivity contribution in [1.29, 1.82) is 0 Å². The lowest BCUT2D eigenvalue weighted by Crippen LogP contribution is -2.50. The molecule has 2 unspecified atom stereocenters. The number of benzene rings is 1. The summed E-state index contributed by atoms with van der Waals surface area (Å²) in [4.78, 5) is 40.6. The molecule has 0 spiro atoms. The molecule has 35 heavy (non-hydrogen) atoms. The van der Waals surface area contributed by atoms with E-state index in [9.17, 15) is 9.59 Å². The second kappa shape index (κ2) is 10.7. The molecule has 0 saturated carbocycles. The van der Waals surface area contributed by atoms with Crippen molar-refractivity contribution in [3.05, 3.63) is 84.0 Å². The van der Waals surface area contributed by atoms with Gasteiger partial charge in [-0.25, -0.2) is 14.6 Å². The van der Waals surface area contributed by atoms with Crippen molar-refractivity contribution in [3.8, 4) is 0 Å². The molecule has 0 bridgehead atoms. The van der Waals surface area contributed by atoms with E-state index in [1.807, 2.05) is 31.3 Å². The van der Waals surface area contributed by atoms with Gasteiger partial charge in [-0.1, -0.05) is 18.7 Å².